The predicted molar refractivity (Wildman–Crippen MR) is 84.6 cm³/mol. The normalized spacial score (nSPS) is 13.8. The fourth-order valence-electron chi connectivity index (χ4n) is 1.77. The van der Waals surface area contributed by atoms with Gasteiger partial charge in [0, 0.05) is 21.5 Å². The highest BCUT2D eigenvalue weighted by atomic mass is 79.9. The number of halogens is 2. The number of nitrogen functional groups attached to an aromatic ring is 1. The molecule has 1 aromatic rings. The van der Waals surface area contributed by atoms with E-state index in [2.05, 4.69) is 36.6 Å². The van der Waals surface area contributed by atoms with Gasteiger partial charge in [-0.05, 0) is 49.1 Å². The van der Waals surface area contributed by atoms with E-state index in [1.807, 2.05) is 19.0 Å². The van der Waals surface area contributed by atoms with Crippen LogP contribution in [0.2, 0.25) is 0 Å². The van der Waals surface area contributed by atoms with Crippen molar-refractivity contribution >= 4 is 47.6 Å². The van der Waals surface area contributed by atoms with Crippen molar-refractivity contribution in [1.82, 2.24) is 9.62 Å². The van der Waals surface area contributed by atoms with Crippen LogP contribution in [0.4, 0.5) is 5.69 Å². The van der Waals surface area contributed by atoms with Gasteiger partial charge in [0.25, 0.3) is 0 Å². The number of likely N-dealkylation sites (N-methyl/N-ethyl adjacent to an activating group) is 1. The Morgan fingerprint density at radius 2 is 1.95 bits per heavy atom. The van der Waals surface area contributed by atoms with Crippen LogP contribution in [0, 0.1) is 0 Å². The molecule has 1 unspecified atom stereocenters. The topological polar surface area (TPSA) is 75.4 Å². The van der Waals surface area contributed by atoms with E-state index >= 15 is 0 Å². The molecule has 1 aromatic carbocycles. The van der Waals surface area contributed by atoms with Crippen molar-refractivity contribution in [1.29, 1.82) is 0 Å². The van der Waals surface area contributed by atoms with Gasteiger partial charge in [-0.15, -0.1) is 0 Å². The average molecular weight is 415 g/mol. The fourth-order valence-corrected chi connectivity index (χ4v) is 5.08. The summed E-state index contributed by atoms with van der Waals surface area (Å²) in [6, 6.07) is 3.01. The summed E-state index contributed by atoms with van der Waals surface area (Å²) in [5.74, 6) is 0. The second-order valence-corrected chi connectivity index (χ2v) is 8.01. The van der Waals surface area contributed by atoms with Gasteiger partial charge in [-0.2, -0.15) is 0 Å². The van der Waals surface area contributed by atoms with Crippen molar-refractivity contribution in [2.45, 2.75) is 17.9 Å². The third kappa shape index (κ3) is 4.71. The molecule has 0 saturated heterocycles. The molecule has 3 N–H and O–H groups in total. The van der Waals surface area contributed by atoms with Gasteiger partial charge in [0.05, 0.1) is 5.69 Å². The lowest BCUT2D eigenvalue weighted by molar-refractivity contribution is 0.370. The molecule has 0 spiro atoms. The Bertz CT molecular complexity index is 538. The highest BCUT2D eigenvalue weighted by Gasteiger charge is 2.23. The monoisotopic (exact) mass is 413 g/mol. The van der Waals surface area contributed by atoms with E-state index in [1.165, 1.54) is 0 Å². The van der Waals surface area contributed by atoms with Crippen LogP contribution < -0.4 is 10.5 Å². The molecule has 19 heavy (non-hydrogen) atoms. The number of nitrogens with one attached hydrogen (secondary N) is 1. The number of nitrogens with zero attached hydrogens (tertiary/aromatic N) is 1. The summed E-state index contributed by atoms with van der Waals surface area (Å²) < 4.78 is 28.4. The molecule has 1 rings (SSSR count). The summed E-state index contributed by atoms with van der Waals surface area (Å²) in [6.07, 6.45) is 0. The molecule has 0 aliphatic rings. The summed E-state index contributed by atoms with van der Waals surface area (Å²) in [7, 11) is 0.115. The van der Waals surface area contributed by atoms with Gasteiger partial charge in [-0.25, -0.2) is 13.1 Å². The van der Waals surface area contributed by atoms with Gasteiger partial charge in [0.1, 0.15) is 4.90 Å². The van der Waals surface area contributed by atoms with Crippen molar-refractivity contribution in [3.8, 4) is 0 Å². The lowest BCUT2D eigenvalue weighted by Crippen LogP contribution is -2.39. The molecule has 0 radical (unpaired) electrons. The van der Waals surface area contributed by atoms with Gasteiger partial charge in [-0.3, -0.25) is 0 Å². The highest BCUT2D eigenvalue weighted by Crippen LogP contribution is 2.31. The maximum absolute atomic E-state index is 12.3. The summed E-state index contributed by atoms with van der Waals surface area (Å²) >= 11 is 6.50. The highest BCUT2D eigenvalue weighted by molar-refractivity contribution is 9.11. The standard InChI is InChI=1S/C11H17Br2N3O2S/c1-7(6-16(2)3)15-19(17,18)11-9(13)4-8(12)5-10(11)14/h4-5,7,15H,6,14H2,1-3H3. The van der Waals surface area contributed by atoms with Crippen LogP contribution in [-0.2, 0) is 10.0 Å². The zero-order chi connectivity index (χ0) is 14.8. The Kier molecular flexibility index (Phi) is 5.81. The minimum absolute atomic E-state index is 0.0707. The molecule has 5 nitrogen and oxygen atoms in total. The molecular weight excluding hydrogens is 398 g/mol. The maximum Gasteiger partial charge on any atom is 0.244 e. The molecule has 0 amide bonds. The first-order valence-corrected chi connectivity index (χ1v) is 8.62. The molecule has 0 fully saturated rings. The molecular formula is C11H17Br2N3O2S. The zero-order valence-corrected chi connectivity index (χ0v) is 14.9. The van der Waals surface area contributed by atoms with E-state index in [0.29, 0.717) is 11.0 Å². The molecule has 1 atom stereocenters. The lowest BCUT2D eigenvalue weighted by atomic mass is 10.3. The Labute approximate surface area is 130 Å². The van der Waals surface area contributed by atoms with Gasteiger partial charge in [0.2, 0.25) is 10.0 Å². The number of nitrogens with two attached hydrogens (primary N) is 1. The van der Waals surface area contributed by atoms with Crippen LogP contribution in [0.1, 0.15) is 6.92 Å². The first-order chi connectivity index (χ1) is 8.63. The largest absolute Gasteiger partial charge is 0.398 e. The lowest BCUT2D eigenvalue weighted by Gasteiger charge is -2.19. The van der Waals surface area contributed by atoms with Gasteiger partial charge < -0.3 is 10.6 Å². The molecule has 0 bridgehead atoms. The molecule has 0 saturated carbocycles. The SMILES string of the molecule is CC(CN(C)C)NS(=O)(=O)c1c(N)cc(Br)cc1Br. The Morgan fingerprint density at radius 1 is 1.37 bits per heavy atom. The minimum atomic E-state index is -3.65. The Balaban J connectivity index is 3.08. The van der Waals surface area contributed by atoms with Crippen LogP contribution in [-0.4, -0.2) is 40.0 Å². The van der Waals surface area contributed by atoms with Gasteiger partial charge in [-0.1, -0.05) is 15.9 Å². The van der Waals surface area contributed by atoms with E-state index in [1.54, 1.807) is 19.1 Å². The summed E-state index contributed by atoms with van der Waals surface area (Å²) in [5, 5.41) is 0. The maximum atomic E-state index is 12.3. The first-order valence-electron chi connectivity index (χ1n) is 5.55. The number of anilines is 1. The summed E-state index contributed by atoms with van der Waals surface area (Å²) in [5.41, 5.74) is 6.00. The molecule has 0 aliphatic heterocycles. The van der Waals surface area contributed by atoms with Crippen molar-refractivity contribution < 1.29 is 8.42 Å². The fraction of sp³-hybridized carbons (Fsp3) is 0.455. The van der Waals surface area contributed by atoms with Crippen LogP contribution in [0.3, 0.4) is 0 Å². The number of rotatable bonds is 5. The average Bonchev–Trinajstić information content (AvgIpc) is 2.10. The molecule has 8 heteroatoms. The van der Waals surface area contributed by atoms with E-state index < -0.39 is 10.0 Å². The first kappa shape index (κ1) is 16.9. The van der Waals surface area contributed by atoms with Gasteiger partial charge >= 0.3 is 0 Å². The number of hydrogen-bond donors (Lipinski definition) is 2. The second kappa shape index (κ2) is 6.53. The molecule has 0 aromatic heterocycles. The van der Waals surface area contributed by atoms with Crippen LogP contribution in [0.5, 0.6) is 0 Å². The molecule has 0 aliphatic carbocycles. The molecule has 108 valence electrons. The number of hydrogen-bond acceptors (Lipinski definition) is 4. The quantitative estimate of drug-likeness (QED) is 0.722. The number of sulfonamides is 1. The molecule has 0 heterocycles. The summed E-state index contributed by atoms with van der Waals surface area (Å²) in [6.45, 7) is 2.41. The van der Waals surface area contributed by atoms with Crippen LogP contribution >= 0.6 is 31.9 Å². The summed E-state index contributed by atoms with van der Waals surface area (Å²) in [4.78, 5) is 1.98. The van der Waals surface area contributed by atoms with Crippen molar-refractivity contribution in [3.05, 3.63) is 21.1 Å². The third-order valence-corrected chi connectivity index (χ3v) is 5.35. The zero-order valence-electron chi connectivity index (χ0n) is 10.9. The predicted octanol–water partition coefficient (Wildman–Crippen LogP) is 2.02. The van der Waals surface area contributed by atoms with Crippen LogP contribution in [0.15, 0.2) is 26.0 Å². The minimum Gasteiger partial charge on any atom is -0.398 e. The smallest absolute Gasteiger partial charge is 0.244 e. The third-order valence-electron chi connectivity index (χ3n) is 2.30. The Hall–Kier alpha value is -0.150. The van der Waals surface area contributed by atoms with E-state index in [-0.39, 0.29) is 16.6 Å². The number of benzene rings is 1. The van der Waals surface area contributed by atoms with Crippen LogP contribution in [0.25, 0.3) is 0 Å². The van der Waals surface area contributed by atoms with E-state index in [9.17, 15) is 8.42 Å². The van der Waals surface area contributed by atoms with Gasteiger partial charge in [0.15, 0.2) is 0 Å². The van der Waals surface area contributed by atoms with Crippen molar-refractivity contribution in [2.24, 2.45) is 0 Å². The second-order valence-electron chi connectivity index (χ2n) is 4.59. The van der Waals surface area contributed by atoms with E-state index in [0.717, 1.165) is 4.47 Å². The van der Waals surface area contributed by atoms with E-state index in [4.69, 9.17) is 5.73 Å². The van der Waals surface area contributed by atoms with Crippen molar-refractivity contribution in [3.63, 3.8) is 0 Å². The Morgan fingerprint density at radius 3 is 2.42 bits per heavy atom. The van der Waals surface area contributed by atoms with Crippen molar-refractivity contribution in [2.75, 3.05) is 26.4 Å².